The smallest absolute Gasteiger partial charge is 0.282 e. The lowest BCUT2D eigenvalue weighted by Gasteiger charge is -2.14. The van der Waals surface area contributed by atoms with E-state index >= 15 is 0 Å². The van der Waals surface area contributed by atoms with Gasteiger partial charge in [0.05, 0.1) is 19.9 Å². The number of benzene rings is 2. The predicted molar refractivity (Wildman–Crippen MR) is 89.6 cm³/mol. The molecule has 3 rings (SSSR count). The molecule has 0 unspecified atom stereocenters. The van der Waals surface area contributed by atoms with Gasteiger partial charge in [-0.15, -0.1) is 0 Å². The first-order chi connectivity index (χ1) is 11.6. The lowest BCUT2D eigenvalue weighted by atomic mass is 10.1. The number of anilines is 1. The lowest BCUT2D eigenvalue weighted by molar-refractivity contribution is -0.117. The Morgan fingerprint density at radius 1 is 0.875 bits per heavy atom. The number of carbonyl (C=O) groups excluding carboxylic acids is 2. The van der Waals surface area contributed by atoms with Gasteiger partial charge < -0.3 is 9.47 Å². The van der Waals surface area contributed by atoms with Crippen molar-refractivity contribution in [3.63, 3.8) is 0 Å². The monoisotopic (exact) mass is 324 g/mol. The molecule has 1 aliphatic heterocycles. The third-order valence-electron chi connectivity index (χ3n) is 3.65. The van der Waals surface area contributed by atoms with Crippen LogP contribution in [0.2, 0.25) is 0 Å². The largest absolute Gasteiger partial charge is 0.497 e. The Labute approximate surface area is 139 Å². The Morgan fingerprint density at radius 3 is 1.96 bits per heavy atom. The van der Waals surface area contributed by atoms with Gasteiger partial charge in [0.2, 0.25) is 0 Å². The summed E-state index contributed by atoms with van der Waals surface area (Å²) in [5, 5.41) is 1.22. The van der Waals surface area contributed by atoms with Crippen LogP contribution in [0.1, 0.15) is 5.56 Å². The third kappa shape index (κ3) is 2.94. The summed E-state index contributed by atoms with van der Waals surface area (Å²) in [6.07, 6.45) is 1.56. The van der Waals surface area contributed by atoms with Crippen molar-refractivity contribution in [3.8, 4) is 11.5 Å². The molecule has 2 aromatic carbocycles. The summed E-state index contributed by atoms with van der Waals surface area (Å²) in [7, 11) is 3.14. The number of ether oxygens (including phenoxy) is 2. The van der Waals surface area contributed by atoms with Crippen molar-refractivity contribution in [1.29, 1.82) is 0 Å². The molecule has 1 fully saturated rings. The number of carbonyl (C=O) groups is 2. The molecule has 0 aliphatic carbocycles. The van der Waals surface area contributed by atoms with E-state index in [1.807, 2.05) is 0 Å². The molecule has 122 valence electrons. The second-order valence-corrected chi connectivity index (χ2v) is 5.11. The van der Waals surface area contributed by atoms with Gasteiger partial charge in [0.15, 0.2) is 0 Å². The van der Waals surface area contributed by atoms with Crippen LogP contribution in [0.15, 0.2) is 54.1 Å². The number of hydrazine groups is 1. The van der Waals surface area contributed by atoms with Crippen LogP contribution in [0.5, 0.6) is 11.5 Å². The van der Waals surface area contributed by atoms with Crippen molar-refractivity contribution in [2.24, 2.45) is 0 Å². The number of amides is 2. The van der Waals surface area contributed by atoms with E-state index in [0.29, 0.717) is 17.2 Å². The number of hydrogen-bond acceptors (Lipinski definition) is 4. The van der Waals surface area contributed by atoms with Gasteiger partial charge in [0.25, 0.3) is 11.8 Å². The lowest BCUT2D eigenvalue weighted by Crippen LogP contribution is -2.35. The van der Waals surface area contributed by atoms with E-state index in [0.717, 1.165) is 5.56 Å². The average Bonchev–Trinajstić information content (AvgIpc) is 2.90. The van der Waals surface area contributed by atoms with Crippen molar-refractivity contribution in [2.45, 2.75) is 0 Å². The SMILES string of the molecule is COc1ccc(C=C2C(=O)NN(c3ccc(OC)cc3)C2=O)cc1. The molecule has 6 nitrogen and oxygen atoms in total. The van der Waals surface area contributed by atoms with Gasteiger partial charge in [-0.2, -0.15) is 0 Å². The van der Waals surface area contributed by atoms with Crippen LogP contribution >= 0.6 is 0 Å². The zero-order valence-corrected chi connectivity index (χ0v) is 13.3. The maximum absolute atomic E-state index is 12.5. The highest BCUT2D eigenvalue weighted by Gasteiger charge is 2.34. The van der Waals surface area contributed by atoms with Gasteiger partial charge in [-0.3, -0.25) is 15.0 Å². The Morgan fingerprint density at radius 2 is 1.42 bits per heavy atom. The Kier molecular flexibility index (Phi) is 4.20. The van der Waals surface area contributed by atoms with E-state index in [-0.39, 0.29) is 5.57 Å². The highest BCUT2D eigenvalue weighted by atomic mass is 16.5. The number of hydrogen-bond donors (Lipinski definition) is 1. The molecule has 1 N–H and O–H groups in total. The average molecular weight is 324 g/mol. The van der Waals surface area contributed by atoms with Crippen LogP contribution in [-0.2, 0) is 9.59 Å². The quantitative estimate of drug-likeness (QED) is 0.691. The maximum Gasteiger partial charge on any atom is 0.282 e. The van der Waals surface area contributed by atoms with Crippen LogP contribution in [0.25, 0.3) is 6.08 Å². The van der Waals surface area contributed by atoms with Gasteiger partial charge in [-0.1, -0.05) is 12.1 Å². The van der Waals surface area contributed by atoms with Crippen LogP contribution in [0.4, 0.5) is 5.69 Å². The van der Waals surface area contributed by atoms with Gasteiger partial charge in [-0.25, -0.2) is 5.01 Å². The molecule has 0 radical (unpaired) electrons. The molecule has 0 atom stereocenters. The first-order valence-corrected chi connectivity index (χ1v) is 7.27. The van der Waals surface area contributed by atoms with E-state index < -0.39 is 11.8 Å². The van der Waals surface area contributed by atoms with Gasteiger partial charge in [0.1, 0.15) is 17.1 Å². The fourth-order valence-corrected chi connectivity index (χ4v) is 2.34. The Bertz CT molecular complexity index is 795. The predicted octanol–water partition coefficient (Wildman–Crippen LogP) is 2.17. The zero-order chi connectivity index (χ0) is 17.1. The number of nitrogens with zero attached hydrogens (tertiary/aromatic N) is 1. The summed E-state index contributed by atoms with van der Waals surface area (Å²) >= 11 is 0. The van der Waals surface area contributed by atoms with E-state index in [9.17, 15) is 9.59 Å². The molecule has 0 saturated carbocycles. The van der Waals surface area contributed by atoms with E-state index in [1.54, 1.807) is 68.8 Å². The molecule has 0 spiro atoms. The summed E-state index contributed by atoms with van der Waals surface area (Å²) in [6.45, 7) is 0. The normalized spacial score (nSPS) is 15.6. The van der Waals surface area contributed by atoms with Crippen molar-refractivity contribution >= 4 is 23.6 Å². The molecule has 24 heavy (non-hydrogen) atoms. The minimum absolute atomic E-state index is 0.0796. The molecule has 2 aromatic rings. The van der Waals surface area contributed by atoms with Crippen LogP contribution in [-0.4, -0.2) is 26.0 Å². The second kappa shape index (κ2) is 6.45. The van der Waals surface area contributed by atoms with Gasteiger partial charge in [-0.05, 0) is 48.0 Å². The molecule has 1 heterocycles. The van der Waals surface area contributed by atoms with Crippen molar-refractivity contribution in [1.82, 2.24) is 5.43 Å². The number of nitrogens with one attached hydrogen (secondary N) is 1. The molecule has 2 amide bonds. The van der Waals surface area contributed by atoms with Crippen molar-refractivity contribution in [2.75, 3.05) is 19.2 Å². The number of rotatable bonds is 4. The van der Waals surface area contributed by atoms with Gasteiger partial charge in [0, 0.05) is 0 Å². The first kappa shape index (κ1) is 15.6. The van der Waals surface area contributed by atoms with E-state index in [4.69, 9.17) is 9.47 Å². The minimum Gasteiger partial charge on any atom is -0.497 e. The van der Waals surface area contributed by atoms with E-state index in [2.05, 4.69) is 5.43 Å². The summed E-state index contributed by atoms with van der Waals surface area (Å²) in [5.41, 5.74) is 3.94. The highest BCUT2D eigenvalue weighted by molar-refractivity contribution is 6.31. The molecular weight excluding hydrogens is 308 g/mol. The fourth-order valence-electron chi connectivity index (χ4n) is 2.34. The van der Waals surface area contributed by atoms with Crippen molar-refractivity contribution < 1.29 is 19.1 Å². The molecule has 1 aliphatic rings. The number of methoxy groups -OCH3 is 2. The summed E-state index contributed by atoms with van der Waals surface area (Å²) < 4.78 is 10.2. The molecule has 6 heteroatoms. The highest BCUT2D eigenvalue weighted by Crippen LogP contribution is 2.24. The van der Waals surface area contributed by atoms with Gasteiger partial charge >= 0.3 is 0 Å². The van der Waals surface area contributed by atoms with Crippen molar-refractivity contribution in [3.05, 3.63) is 59.7 Å². The van der Waals surface area contributed by atoms with Crippen LogP contribution in [0.3, 0.4) is 0 Å². The summed E-state index contributed by atoms with van der Waals surface area (Å²) in [4.78, 5) is 24.6. The fraction of sp³-hybridized carbons (Fsp3) is 0.111. The summed E-state index contributed by atoms with van der Waals surface area (Å²) in [6, 6.07) is 13.9. The first-order valence-electron chi connectivity index (χ1n) is 7.27. The second-order valence-electron chi connectivity index (χ2n) is 5.11. The molecule has 0 bridgehead atoms. The molecule has 1 saturated heterocycles. The minimum atomic E-state index is -0.438. The van der Waals surface area contributed by atoms with E-state index in [1.165, 1.54) is 5.01 Å². The Balaban J connectivity index is 1.86. The molecular formula is C18H16N2O4. The zero-order valence-electron chi connectivity index (χ0n) is 13.3. The molecule has 0 aromatic heterocycles. The van der Waals surface area contributed by atoms with Crippen LogP contribution in [0, 0.1) is 0 Å². The third-order valence-corrected chi connectivity index (χ3v) is 3.65. The van der Waals surface area contributed by atoms with Crippen LogP contribution < -0.4 is 19.9 Å². The Hall–Kier alpha value is -3.28. The topological polar surface area (TPSA) is 67.9 Å². The summed E-state index contributed by atoms with van der Waals surface area (Å²) in [5.74, 6) is 0.539. The maximum atomic E-state index is 12.5. The standard InChI is InChI=1S/C18H16N2O4/c1-23-14-7-3-12(4-8-14)11-16-17(21)19-20(18(16)22)13-5-9-15(24-2)10-6-13/h3-11H,1-2H3,(H,19,21).